The number of benzene rings is 1. The molecule has 144 valence electrons. The van der Waals surface area contributed by atoms with Crippen LogP contribution in [0.3, 0.4) is 0 Å². The monoisotopic (exact) mass is 488 g/mol. The Morgan fingerprint density at radius 3 is 2.79 bits per heavy atom. The standard InChI is InChI=1S/C21H21IN4O2/c1-28-20(27)11-10-19-24-17-8-4-14-12-23-26-21(13-2-5-15(22)6-3-13)16(14)7-9-18(17)25-19/h2-3,5-6,12H,4,7-11H2,1H3,(H,24,25). The van der Waals surface area contributed by atoms with Gasteiger partial charge < -0.3 is 9.72 Å². The van der Waals surface area contributed by atoms with Gasteiger partial charge >= 0.3 is 5.97 Å². The van der Waals surface area contributed by atoms with Crippen LogP contribution in [0.25, 0.3) is 11.3 Å². The number of imidazole rings is 1. The molecule has 0 spiro atoms. The number of methoxy groups -OCH3 is 1. The molecule has 0 atom stereocenters. The van der Waals surface area contributed by atoms with Crippen LogP contribution in [0.4, 0.5) is 0 Å². The summed E-state index contributed by atoms with van der Waals surface area (Å²) in [4.78, 5) is 19.5. The molecule has 0 unspecified atom stereocenters. The topological polar surface area (TPSA) is 80.8 Å². The first-order valence-electron chi connectivity index (χ1n) is 9.37. The first kappa shape index (κ1) is 19.0. The van der Waals surface area contributed by atoms with E-state index < -0.39 is 0 Å². The summed E-state index contributed by atoms with van der Waals surface area (Å²) in [6.07, 6.45) is 6.30. The SMILES string of the molecule is COC(=O)CCc1nc2c([nH]1)CCc1c(cnnc1-c1ccc(I)cc1)CC2. The predicted molar refractivity (Wildman–Crippen MR) is 114 cm³/mol. The summed E-state index contributed by atoms with van der Waals surface area (Å²) in [6, 6.07) is 8.41. The van der Waals surface area contributed by atoms with Crippen molar-refractivity contribution < 1.29 is 9.53 Å². The minimum atomic E-state index is -0.212. The minimum absolute atomic E-state index is 0.212. The van der Waals surface area contributed by atoms with Crippen LogP contribution in [-0.2, 0) is 41.6 Å². The van der Waals surface area contributed by atoms with E-state index in [0.29, 0.717) is 12.8 Å². The second kappa shape index (κ2) is 8.38. The Balaban J connectivity index is 1.58. The number of hydrogen-bond acceptors (Lipinski definition) is 5. The fourth-order valence-corrected chi connectivity index (χ4v) is 4.00. The fourth-order valence-electron chi connectivity index (χ4n) is 3.64. The third-order valence-corrected chi connectivity index (χ3v) is 5.84. The van der Waals surface area contributed by atoms with Crippen LogP contribution >= 0.6 is 22.6 Å². The van der Waals surface area contributed by atoms with Gasteiger partial charge in [0.2, 0.25) is 0 Å². The normalized spacial score (nSPS) is 13.2. The van der Waals surface area contributed by atoms with Crippen LogP contribution in [-0.4, -0.2) is 33.2 Å². The number of carbonyl (C=O) groups is 1. The highest BCUT2D eigenvalue weighted by molar-refractivity contribution is 14.1. The number of H-pyrrole nitrogens is 1. The molecule has 1 N–H and O–H groups in total. The lowest BCUT2D eigenvalue weighted by molar-refractivity contribution is -0.140. The van der Waals surface area contributed by atoms with Crippen LogP contribution in [0, 0.1) is 3.57 Å². The second-order valence-corrected chi connectivity index (χ2v) is 8.13. The van der Waals surface area contributed by atoms with Crippen LogP contribution < -0.4 is 0 Å². The molecule has 0 saturated heterocycles. The van der Waals surface area contributed by atoms with Crippen molar-refractivity contribution in [2.24, 2.45) is 0 Å². The average Bonchev–Trinajstić information content (AvgIpc) is 3.09. The van der Waals surface area contributed by atoms with Crippen molar-refractivity contribution in [1.29, 1.82) is 0 Å². The summed E-state index contributed by atoms with van der Waals surface area (Å²) in [6.45, 7) is 0. The van der Waals surface area contributed by atoms with Gasteiger partial charge in [-0.2, -0.15) is 10.2 Å². The Bertz CT molecular complexity index is 998. The van der Waals surface area contributed by atoms with Gasteiger partial charge in [-0.3, -0.25) is 4.79 Å². The lowest BCUT2D eigenvalue weighted by Gasteiger charge is -2.16. The lowest BCUT2D eigenvalue weighted by atomic mass is 9.92. The molecule has 2 aromatic heterocycles. The second-order valence-electron chi connectivity index (χ2n) is 6.89. The number of carbonyl (C=O) groups excluding carboxylic acids is 1. The largest absolute Gasteiger partial charge is 0.469 e. The number of esters is 1. The Morgan fingerprint density at radius 1 is 1.18 bits per heavy atom. The third-order valence-electron chi connectivity index (χ3n) is 5.13. The summed E-state index contributed by atoms with van der Waals surface area (Å²) in [5.41, 5.74) is 6.85. The van der Waals surface area contributed by atoms with Gasteiger partial charge in [0.05, 0.1) is 31.1 Å². The number of aromatic nitrogens is 4. The zero-order valence-corrected chi connectivity index (χ0v) is 17.8. The minimum Gasteiger partial charge on any atom is -0.469 e. The first-order chi connectivity index (χ1) is 13.6. The third kappa shape index (κ3) is 4.09. The summed E-state index contributed by atoms with van der Waals surface area (Å²) >= 11 is 2.31. The molecule has 0 amide bonds. The molecule has 1 aliphatic carbocycles. The van der Waals surface area contributed by atoms with Crippen molar-refractivity contribution in [3.8, 4) is 11.3 Å². The highest BCUT2D eigenvalue weighted by atomic mass is 127. The number of nitrogens with zero attached hydrogens (tertiary/aromatic N) is 3. The van der Waals surface area contributed by atoms with Gasteiger partial charge in [0, 0.05) is 21.2 Å². The molecule has 4 rings (SSSR count). The van der Waals surface area contributed by atoms with Crippen molar-refractivity contribution >= 4 is 28.6 Å². The molecule has 0 saturated carbocycles. The van der Waals surface area contributed by atoms with Crippen molar-refractivity contribution in [1.82, 2.24) is 20.2 Å². The summed E-state index contributed by atoms with van der Waals surface area (Å²) < 4.78 is 5.93. The van der Waals surface area contributed by atoms with E-state index >= 15 is 0 Å². The van der Waals surface area contributed by atoms with Crippen molar-refractivity contribution in [3.05, 3.63) is 62.4 Å². The molecule has 0 radical (unpaired) electrons. The lowest BCUT2D eigenvalue weighted by Crippen LogP contribution is -2.10. The molecule has 1 aromatic carbocycles. The molecule has 3 aromatic rings. The number of aryl methyl sites for hydroxylation is 4. The predicted octanol–water partition coefficient (Wildman–Crippen LogP) is 3.46. The summed E-state index contributed by atoms with van der Waals surface area (Å²) in [5.74, 6) is 0.644. The first-order valence-corrected chi connectivity index (χ1v) is 10.4. The van der Waals surface area contributed by atoms with Crippen molar-refractivity contribution in [2.75, 3.05) is 7.11 Å². The van der Waals surface area contributed by atoms with E-state index in [0.717, 1.165) is 54.2 Å². The number of hydrogen-bond donors (Lipinski definition) is 1. The number of nitrogens with one attached hydrogen (secondary N) is 1. The maximum Gasteiger partial charge on any atom is 0.305 e. The Morgan fingerprint density at radius 2 is 2.00 bits per heavy atom. The summed E-state index contributed by atoms with van der Waals surface area (Å²) in [7, 11) is 1.41. The highest BCUT2D eigenvalue weighted by Crippen LogP contribution is 2.28. The Labute approximate surface area is 177 Å². The van der Waals surface area contributed by atoms with E-state index in [-0.39, 0.29) is 5.97 Å². The molecule has 1 aliphatic rings. The van der Waals surface area contributed by atoms with Crippen LogP contribution in [0.1, 0.15) is 34.8 Å². The number of halogens is 1. The maximum atomic E-state index is 11.4. The van der Waals surface area contributed by atoms with Crippen LogP contribution in [0.5, 0.6) is 0 Å². The molecule has 0 aliphatic heterocycles. The number of ether oxygens (including phenoxy) is 1. The molecule has 0 bridgehead atoms. The zero-order chi connectivity index (χ0) is 19.5. The van der Waals surface area contributed by atoms with E-state index in [4.69, 9.17) is 9.72 Å². The molecular weight excluding hydrogens is 467 g/mol. The van der Waals surface area contributed by atoms with Crippen LogP contribution in [0.15, 0.2) is 30.5 Å². The van der Waals surface area contributed by atoms with Gasteiger partial charge in [-0.15, -0.1) is 0 Å². The Hall–Kier alpha value is -2.29. The molecular formula is C21H21IN4O2. The quantitative estimate of drug-likeness (QED) is 0.450. The number of rotatable bonds is 4. The van der Waals surface area contributed by atoms with E-state index in [1.165, 1.54) is 21.8 Å². The number of aromatic amines is 1. The van der Waals surface area contributed by atoms with Crippen LogP contribution in [0.2, 0.25) is 0 Å². The van der Waals surface area contributed by atoms with Gasteiger partial charge in [0.25, 0.3) is 0 Å². The smallest absolute Gasteiger partial charge is 0.305 e. The highest BCUT2D eigenvalue weighted by Gasteiger charge is 2.19. The van der Waals surface area contributed by atoms with Gasteiger partial charge in [0.15, 0.2) is 0 Å². The van der Waals surface area contributed by atoms with Gasteiger partial charge in [0.1, 0.15) is 5.82 Å². The van der Waals surface area contributed by atoms with Gasteiger partial charge in [-0.25, -0.2) is 4.98 Å². The molecule has 6 nitrogen and oxygen atoms in total. The van der Waals surface area contributed by atoms with Crippen molar-refractivity contribution in [2.45, 2.75) is 38.5 Å². The Kier molecular flexibility index (Phi) is 5.70. The average molecular weight is 488 g/mol. The van der Waals surface area contributed by atoms with Gasteiger partial charge in [-0.05, 0) is 71.5 Å². The fraction of sp³-hybridized carbons (Fsp3) is 0.333. The van der Waals surface area contributed by atoms with E-state index in [1.54, 1.807) is 0 Å². The van der Waals surface area contributed by atoms with Gasteiger partial charge in [-0.1, -0.05) is 12.1 Å². The molecule has 0 fully saturated rings. The van der Waals surface area contributed by atoms with Crippen molar-refractivity contribution in [3.63, 3.8) is 0 Å². The molecule has 28 heavy (non-hydrogen) atoms. The van der Waals surface area contributed by atoms with E-state index in [2.05, 4.69) is 62.0 Å². The van der Waals surface area contributed by atoms with E-state index in [9.17, 15) is 4.79 Å². The molecule has 7 heteroatoms. The summed E-state index contributed by atoms with van der Waals surface area (Å²) in [5, 5.41) is 8.71. The zero-order valence-electron chi connectivity index (χ0n) is 15.7. The molecule has 2 heterocycles. The maximum absolute atomic E-state index is 11.4. The number of fused-ring (bicyclic) bond motifs is 2. The van der Waals surface area contributed by atoms with E-state index in [1.807, 2.05) is 6.20 Å².